The predicted octanol–water partition coefficient (Wildman–Crippen LogP) is 2.10. The first-order valence-electron chi connectivity index (χ1n) is 5.79. The van der Waals surface area contributed by atoms with Crippen molar-refractivity contribution in [3.63, 3.8) is 0 Å². The van der Waals surface area contributed by atoms with E-state index in [-0.39, 0.29) is 18.0 Å². The van der Waals surface area contributed by atoms with Crippen LogP contribution in [0.2, 0.25) is 0 Å². The van der Waals surface area contributed by atoms with E-state index in [1.807, 2.05) is 0 Å². The summed E-state index contributed by atoms with van der Waals surface area (Å²) in [6, 6.07) is 8.58. The number of anilines is 1. The van der Waals surface area contributed by atoms with E-state index in [0.717, 1.165) is 12.1 Å². The van der Waals surface area contributed by atoms with Gasteiger partial charge in [0.1, 0.15) is 5.82 Å². The zero-order chi connectivity index (χ0) is 14.5. The minimum atomic E-state index is -1.39. The third-order valence-electron chi connectivity index (χ3n) is 2.55. The van der Waals surface area contributed by atoms with Gasteiger partial charge in [0.25, 0.3) is 0 Å². The fourth-order valence-corrected chi connectivity index (χ4v) is 1.64. The smallest absolute Gasteiger partial charge is 0.338 e. The zero-order valence-electron chi connectivity index (χ0n) is 10.3. The molecule has 2 N–H and O–H groups in total. The Labute approximate surface area is 114 Å². The number of aromatic nitrogens is 1. The highest BCUT2D eigenvalue weighted by atomic mass is 19.1. The van der Waals surface area contributed by atoms with Crippen LogP contribution in [-0.2, 0) is 11.2 Å². The predicted molar refractivity (Wildman–Crippen MR) is 69.9 cm³/mol. The first-order valence-corrected chi connectivity index (χ1v) is 5.79. The molecule has 0 unspecified atom stereocenters. The number of pyridine rings is 1. The average molecular weight is 274 g/mol. The Morgan fingerprint density at radius 3 is 2.70 bits per heavy atom. The molecule has 0 bridgehead atoms. The summed E-state index contributed by atoms with van der Waals surface area (Å²) < 4.78 is 13.2. The van der Waals surface area contributed by atoms with Crippen LogP contribution in [0.3, 0.4) is 0 Å². The van der Waals surface area contributed by atoms with Crippen LogP contribution < -0.4 is 5.32 Å². The number of carbonyl (C=O) groups excluding carboxylic acids is 1. The van der Waals surface area contributed by atoms with Crippen LogP contribution in [0.25, 0.3) is 0 Å². The molecule has 6 heteroatoms. The number of rotatable bonds is 4. The third kappa shape index (κ3) is 3.38. The van der Waals surface area contributed by atoms with E-state index in [9.17, 15) is 14.0 Å². The number of nitrogens with zero attached hydrogens (tertiary/aromatic N) is 1. The molecule has 1 aromatic carbocycles. The second kappa shape index (κ2) is 5.92. The monoisotopic (exact) mass is 274 g/mol. The van der Waals surface area contributed by atoms with Crippen molar-refractivity contribution in [2.75, 3.05) is 5.32 Å². The van der Waals surface area contributed by atoms with Gasteiger partial charge >= 0.3 is 5.97 Å². The van der Waals surface area contributed by atoms with E-state index < -0.39 is 17.3 Å². The number of aromatic carboxylic acids is 1. The van der Waals surface area contributed by atoms with Gasteiger partial charge < -0.3 is 10.4 Å². The van der Waals surface area contributed by atoms with Gasteiger partial charge in [-0.3, -0.25) is 9.78 Å². The normalized spacial score (nSPS) is 10.1. The molecule has 1 aromatic heterocycles. The first kappa shape index (κ1) is 13.7. The van der Waals surface area contributed by atoms with E-state index in [2.05, 4.69) is 10.3 Å². The maximum Gasteiger partial charge on any atom is 0.338 e. The molecule has 0 aliphatic carbocycles. The van der Waals surface area contributed by atoms with Gasteiger partial charge in [0.15, 0.2) is 0 Å². The van der Waals surface area contributed by atoms with Gasteiger partial charge in [0.05, 0.1) is 12.0 Å². The second-order valence-electron chi connectivity index (χ2n) is 4.05. The summed E-state index contributed by atoms with van der Waals surface area (Å²) in [5.74, 6) is -2.59. The summed E-state index contributed by atoms with van der Waals surface area (Å²) in [6.07, 6.45) is 1.63. The fourth-order valence-electron chi connectivity index (χ4n) is 1.64. The molecule has 1 amide bonds. The van der Waals surface area contributed by atoms with Crippen LogP contribution in [0, 0.1) is 5.82 Å². The summed E-state index contributed by atoms with van der Waals surface area (Å²) >= 11 is 0. The Balaban J connectivity index is 2.08. The Kier molecular flexibility index (Phi) is 4.05. The summed E-state index contributed by atoms with van der Waals surface area (Å²) in [5.41, 5.74) is 0.330. The Morgan fingerprint density at radius 1 is 1.25 bits per heavy atom. The van der Waals surface area contributed by atoms with E-state index in [0.29, 0.717) is 5.69 Å². The lowest BCUT2D eigenvalue weighted by Crippen LogP contribution is -2.15. The molecule has 2 rings (SSSR count). The Hall–Kier alpha value is -2.76. The zero-order valence-corrected chi connectivity index (χ0v) is 10.3. The summed E-state index contributed by atoms with van der Waals surface area (Å²) in [6.45, 7) is 0. The van der Waals surface area contributed by atoms with Crippen LogP contribution in [0.4, 0.5) is 10.1 Å². The highest BCUT2D eigenvalue weighted by Crippen LogP contribution is 2.15. The summed E-state index contributed by atoms with van der Waals surface area (Å²) in [7, 11) is 0. The largest absolute Gasteiger partial charge is 0.478 e. The SMILES string of the molecule is O=C(Cc1ccccn1)Nc1ccc(F)c(C(=O)O)c1. The number of nitrogens with one attached hydrogen (secondary N) is 1. The number of hydrogen-bond acceptors (Lipinski definition) is 3. The Morgan fingerprint density at radius 2 is 2.05 bits per heavy atom. The number of amides is 1. The van der Waals surface area contributed by atoms with Gasteiger partial charge in [-0.2, -0.15) is 0 Å². The molecule has 0 atom stereocenters. The molecule has 0 fully saturated rings. The van der Waals surface area contributed by atoms with Crippen LogP contribution in [0.5, 0.6) is 0 Å². The Bertz CT molecular complexity index is 644. The van der Waals surface area contributed by atoms with Crippen molar-refractivity contribution in [2.24, 2.45) is 0 Å². The number of benzene rings is 1. The van der Waals surface area contributed by atoms with Crippen molar-refractivity contribution < 1.29 is 19.1 Å². The van der Waals surface area contributed by atoms with Gasteiger partial charge in [0.2, 0.25) is 5.91 Å². The summed E-state index contributed by atoms with van der Waals surface area (Å²) in [4.78, 5) is 26.5. The van der Waals surface area contributed by atoms with Gasteiger partial charge in [0, 0.05) is 17.6 Å². The molecule has 2 aromatic rings. The number of hydrogen-bond donors (Lipinski definition) is 2. The molecule has 0 spiro atoms. The van der Waals surface area contributed by atoms with Crippen molar-refractivity contribution >= 4 is 17.6 Å². The molecule has 0 saturated heterocycles. The molecule has 5 nitrogen and oxygen atoms in total. The molecule has 20 heavy (non-hydrogen) atoms. The highest BCUT2D eigenvalue weighted by Gasteiger charge is 2.12. The molecule has 1 heterocycles. The van der Waals surface area contributed by atoms with Crippen molar-refractivity contribution in [3.05, 3.63) is 59.7 Å². The lowest BCUT2D eigenvalue weighted by molar-refractivity contribution is -0.115. The maximum atomic E-state index is 13.2. The standard InChI is InChI=1S/C14H11FN2O3/c15-12-5-4-10(7-11(12)14(19)20)17-13(18)8-9-3-1-2-6-16-9/h1-7H,8H2,(H,17,18)(H,19,20). The quantitative estimate of drug-likeness (QED) is 0.894. The topological polar surface area (TPSA) is 79.3 Å². The van der Waals surface area contributed by atoms with E-state index in [1.54, 1.807) is 24.4 Å². The maximum absolute atomic E-state index is 13.2. The molecular weight excluding hydrogens is 263 g/mol. The van der Waals surface area contributed by atoms with Crippen LogP contribution in [0.1, 0.15) is 16.1 Å². The lowest BCUT2D eigenvalue weighted by Gasteiger charge is -2.06. The molecule has 0 saturated carbocycles. The minimum absolute atomic E-state index is 0.0562. The molecule has 0 aliphatic heterocycles. The number of carboxylic acids is 1. The first-order chi connectivity index (χ1) is 9.56. The molecule has 0 aliphatic rings. The lowest BCUT2D eigenvalue weighted by atomic mass is 10.2. The highest BCUT2D eigenvalue weighted by molar-refractivity contribution is 5.94. The van der Waals surface area contributed by atoms with E-state index >= 15 is 0 Å². The number of halogens is 1. The molecule has 102 valence electrons. The van der Waals surface area contributed by atoms with Crippen LogP contribution in [-0.4, -0.2) is 22.0 Å². The number of carboxylic acid groups (broad SMARTS) is 1. The van der Waals surface area contributed by atoms with Gasteiger partial charge in [-0.25, -0.2) is 9.18 Å². The van der Waals surface area contributed by atoms with Crippen molar-refractivity contribution in [3.8, 4) is 0 Å². The summed E-state index contributed by atoms with van der Waals surface area (Å²) in [5, 5.41) is 11.3. The second-order valence-corrected chi connectivity index (χ2v) is 4.05. The van der Waals surface area contributed by atoms with Crippen LogP contribution >= 0.6 is 0 Å². The van der Waals surface area contributed by atoms with Gasteiger partial charge in [-0.05, 0) is 30.3 Å². The fraction of sp³-hybridized carbons (Fsp3) is 0.0714. The molecular formula is C14H11FN2O3. The van der Waals surface area contributed by atoms with Crippen molar-refractivity contribution in [1.82, 2.24) is 4.98 Å². The van der Waals surface area contributed by atoms with E-state index in [4.69, 9.17) is 5.11 Å². The van der Waals surface area contributed by atoms with Crippen LogP contribution in [0.15, 0.2) is 42.6 Å². The molecule has 0 radical (unpaired) electrons. The van der Waals surface area contributed by atoms with E-state index in [1.165, 1.54) is 6.07 Å². The minimum Gasteiger partial charge on any atom is -0.478 e. The van der Waals surface area contributed by atoms with Gasteiger partial charge in [-0.15, -0.1) is 0 Å². The third-order valence-corrected chi connectivity index (χ3v) is 2.55. The average Bonchev–Trinajstić information content (AvgIpc) is 2.41. The van der Waals surface area contributed by atoms with Crippen molar-refractivity contribution in [2.45, 2.75) is 6.42 Å². The van der Waals surface area contributed by atoms with Crippen molar-refractivity contribution in [1.29, 1.82) is 0 Å². The number of carbonyl (C=O) groups is 2. The van der Waals surface area contributed by atoms with Gasteiger partial charge in [-0.1, -0.05) is 6.07 Å².